The van der Waals surface area contributed by atoms with E-state index < -0.39 is 18.5 Å². The average Bonchev–Trinajstić information content (AvgIpc) is 2.51. The number of amides is 1. The van der Waals surface area contributed by atoms with Crippen LogP contribution in [0.5, 0.6) is 0 Å². The SMILES string of the molecule is CC(Cc1ccco1)NC(=O)CC(F)(F)F. The molecule has 90 valence electrons. The average molecular weight is 235 g/mol. The van der Waals surface area contributed by atoms with Crippen LogP contribution in [0.2, 0.25) is 0 Å². The number of alkyl halides is 3. The topological polar surface area (TPSA) is 42.2 Å². The molecule has 0 aliphatic heterocycles. The normalized spacial score (nSPS) is 13.5. The Balaban J connectivity index is 2.34. The fourth-order valence-corrected chi connectivity index (χ4v) is 1.29. The maximum Gasteiger partial charge on any atom is 0.397 e. The second-order valence-corrected chi connectivity index (χ2v) is 3.54. The third-order valence-corrected chi connectivity index (χ3v) is 1.86. The lowest BCUT2D eigenvalue weighted by Crippen LogP contribution is -2.36. The first-order chi connectivity index (χ1) is 7.37. The van der Waals surface area contributed by atoms with E-state index in [1.165, 1.54) is 6.26 Å². The lowest BCUT2D eigenvalue weighted by Gasteiger charge is -2.13. The molecule has 1 atom stereocenters. The quantitative estimate of drug-likeness (QED) is 0.869. The van der Waals surface area contributed by atoms with Gasteiger partial charge in [0.25, 0.3) is 0 Å². The van der Waals surface area contributed by atoms with Gasteiger partial charge in [-0.15, -0.1) is 0 Å². The Morgan fingerprint density at radius 1 is 1.56 bits per heavy atom. The second-order valence-electron chi connectivity index (χ2n) is 3.54. The predicted octanol–water partition coefficient (Wildman–Crippen LogP) is 2.28. The van der Waals surface area contributed by atoms with Gasteiger partial charge in [-0.2, -0.15) is 13.2 Å². The summed E-state index contributed by atoms with van der Waals surface area (Å²) < 4.78 is 40.6. The van der Waals surface area contributed by atoms with E-state index in [-0.39, 0.29) is 6.04 Å². The molecule has 1 aromatic heterocycles. The highest BCUT2D eigenvalue weighted by atomic mass is 19.4. The zero-order valence-corrected chi connectivity index (χ0v) is 8.67. The van der Waals surface area contributed by atoms with Crippen LogP contribution in [-0.4, -0.2) is 18.1 Å². The van der Waals surface area contributed by atoms with E-state index in [1.807, 2.05) is 0 Å². The van der Waals surface area contributed by atoms with Crippen LogP contribution in [0.4, 0.5) is 13.2 Å². The minimum Gasteiger partial charge on any atom is -0.469 e. The summed E-state index contributed by atoms with van der Waals surface area (Å²) in [5.41, 5.74) is 0. The molecule has 16 heavy (non-hydrogen) atoms. The van der Waals surface area contributed by atoms with Crippen molar-refractivity contribution in [3.63, 3.8) is 0 Å². The molecule has 0 fully saturated rings. The molecule has 1 heterocycles. The summed E-state index contributed by atoms with van der Waals surface area (Å²) in [4.78, 5) is 10.9. The van der Waals surface area contributed by atoms with Gasteiger partial charge in [0.05, 0.1) is 6.26 Å². The van der Waals surface area contributed by atoms with Crippen LogP contribution >= 0.6 is 0 Å². The van der Waals surface area contributed by atoms with E-state index in [0.717, 1.165) is 0 Å². The van der Waals surface area contributed by atoms with Crippen molar-refractivity contribution in [3.8, 4) is 0 Å². The lowest BCUT2D eigenvalue weighted by atomic mass is 10.2. The molecule has 1 aromatic rings. The largest absolute Gasteiger partial charge is 0.469 e. The highest BCUT2D eigenvalue weighted by Crippen LogP contribution is 2.19. The number of halogens is 3. The molecule has 0 radical (unpaired) electrons. The summed E-state index contributed by atoms with van der Waals surface area (Å²) in [6, 6.07) is 2.99. The molecule has 0 aliphatic carbocycles. The highest BCUT2D eigenvalue weighted by Gasteiger charge is 2.31. The van der Waals surface area contributed by atoms with Gasteiger partial charge >= 0.3 is 6.18 Å². The zero-order valence-electron chi connectivity index (χ0n) is 8.67. The minimum atomic E-state index is -4.46. The third-order valence-electron chi connectivity index (χ3n) is 1.86. The van der Waals surface area contributed by atoms with Gasteiger partial charge in [0.1, 0.15) is 12.2 Å². The molecule has 0 aromatic carbocycles. The van der Waals surface area contributed by atoms with Gasteiger partial charge in [0.15, 0.2) is 0 Å². The lowest BCUT2D eigenvalue weighted by molar-refractivity contribution is -0.154. The molecular weight excluding hydrogens is 223 g/mol. The first-order valence-corrected chi connectivity index (χ1v) is 4.75. The number of rotatable bonds is 4. The Kier molecular flexibility index (Phi) is 3.98. The van der Waals surface area contributed by atoms with E-state index in [0.29, 0.717) is 12.2 Å². The van der Waals surface area contributed by atoms with E-state index in [9.17, 15) is 18.0 Å². The van der Waals surface area contributed by atoms with Crippen molar-refractivity contribution in [3.05, 3.63) is 24.2 Å². The van der Waals surface area contributed by atoms with Crippen molar-refractivity contribution in [2.24, 2.45) is 0 Å². The van der Waals surface area contributed by atoms with Crippen LogP contribution in [-0.2, 0) is 11.2 Å². The maximum absolute atomic E-state index is 11.9. The third kappa shape index (κ3) is 4.86. The van der Waals surface area contributed by atoms with Crippen molar-refractivity contribution in [2.45, 2.75) is 32.0 Å². The molecule has 1 unspecified atom stereocenters. The van der Waals surface area contributed by atoms with Crippen LogP contribution in [0, 0.1) is 0 Å². The van der Waals surface area contributed by atoms with E-state index in [2.05, 4.69) is 5.32 Å². The van der Waals surface area contributed by atoms with Crippen molar-refractivity contribution < 1.29 is 22.4 Å². The minimum absolute atomic E-state index is 0.372. The molecule has 1 N–H and O–H groups in total. The van der Waals surface area contributed by atoms with Crippen molar-refractivity contribution in [1.82, 2.24) is 5.32 Å². The molecule has 1 amide bonds. The first kappa shape index (κ1) is 12.6. The molecule has 0 aliphatic rings. The molecule has 1 rings (SSSR count). The maximum atomic E-state index is 11.9. The van der Waals surface area contributed by atoms with E-state index in [4.69, 9.17) is 4.42 Å². The highest BCUT2D eigenvalue weighted by molar-refractivity contribution is 5.76. The van der Waals surface area contributed by atoms with Gasteiger partial charge in [-0.1, -0.05) is 0 Å². The Bertz CT molecular complexity index is 332. The molecule has 6 heteroatoms. The number of carbonyl (C=O) groups excluding carboxylic acids is 1. The Morgan fingerprint density at radius 2 is 2.25 bits per heavy atom. The molecule has 0 spiro atoms. The fraction of sp³-hybridized carbons (Fsp3) is 0.500. The van der Waals surface area contributed by atoms with Gasteiger partial charge in [-0.3, -0.25) is 4.79 Å². The summed E-state index contributed by atoms with van der Waals surface area (Å²) in [6.45, 7) is 1.62. The smallest absolute Gasteiger partial charge is 0.397 e. The van der Waals surface area contributed by atoms with Crippen LogP contribution < -0.4 is 5.32 Å². The number of nitrogens with one attached hydrogen (secondary N) is 1. The summed E-state index contributed by atoms with van der Waals surface area (Å²) in [5.74, 6) is -0.397. The number of carbonyl (C=O) groups is 1. The number of furan rings is 1. The van der Waals surface area contributed by atoms with Gasteiger partial charge in [-0.05, 0) is 19.1 Å². The van der Waals surface area contributed by atoms with Crippen LogP contribution in [0.15, 0.2) is 22.8 Å². The molecule has 0 saturated heterocycles. The van der Waals surface area contributed by atoms with Gasteiger partial charge < -0.3 is 9.73 Å². The zero-order chi connectivity index (χ0) is 12.2. The summed E-state index contributed by atoms with van der Waals surface area (Å²) >= 11 is 0. The summed E-state index contributed by atoms with van der Waals surface area (Å²) in [7, 11) is 0. The fourth-order valence-electron chi connectivity index (χ4n) is 1.29. The van der Waals surface area contributed by atoms with Crippen LogP contribution in [0.25, 0.3) is 0 Å². The summed E-state index contributed by atoms with van der Waals surface area (Å²) in [5, 5.41) is 2.26. The summed E-state index contributed by atoms with van der Waals surface area (Å²) in [6.07, 6.45) is -4.07. The number of hydrogen-bond acceptors (Lipinski definition) is 2. The van der Waals surface area contributed by atoms with Crippen molar-refractivity contribution in [1.29, 1.82) is 0 Å². The van der Waals surface area contributed by atoms with E-state index >= 15 is 0 Å². The molecule has 0 bridgehead atoms. The van der Waals surface area contributed by atoms with Crippen LogP contribution in [0.1, 0.15) is 19.1 Å². The van der Waals surface area contributed by atoms with E-state index in [1.54, 1.807) is 19.1 Å². The van der Waals surface area contributed by atoms with Gasteiger partial charge in [-0.25, -0.2) is 0 Å². The van der Waals surface area contributed by atoms with Crippen LogP contribution in [0.3, 0.4) is 0 Å². The molecular formula is C10H12F3NO2. The van der Waals surface area contributed by atoms with Gasteiger partial charge in [0.2, 0.25) is 5.91 Å². The predicted molar refractivity (Wildman–Crippen MR) is 50.7 cm³/mol. The molecule has 0 saturated carbocycles. The Morgan fingerprint density at radius 3 is 2.75 bits per heavy atom. The monoisotopic (exact) mass is 235 g/mol. The second kappa shape index (κ2) is 5.05. The van der Waals surface area contributed by atoms with Crippen molar-refractivity contribution >= 4 is 5.91 Å². The Hall–Kier alpha value is -1.46. The Labute approximate surface area is 90.6 Å². The molecule has 3 nitrogen and oxygen atoms in total. The first-order valence-electron chi connectivity index (χ1n) is 4.75. The van der Waals surface area contributed by atoms with Crippen molar-refractivity contribution in [2.75, 3.05) is 0 Å². The van der Waals surface area contributed by atoms with Gasteiger partial charge in [0, 0.05) is 12.5 Å². The standard InChI is InChI=1S/C10H12F3NO2/c1-7(5-8-3-2-4-16-8)14-9(15)6-10(11,12)13/h2-4,7H,5-6H2,1H3,(H,14,15). The number of hydrogen-bond donors (Lipinski definition) is 1.